The van der Waals surface area contributed by atoms with Crippen LogP contribution < -0.4 is 5.32 Å². The molecule has 182 valence electrons. The van der Waals surface area contributed by atoms with Crippen LogP contribution in [0.2, 0.25) is 0 Å². The molecule has 0 bridgehead atoms. The monoisotopic (exact) mass is 518 g/mol. The van der Waals surface area contributed by atoms with Gasteiger partial charge in [-0.3, -0.25) is 14.6 Å². The number of aromatic nitrogens is 3. The van der Waals surface area contributed by atoms with Crippen molar-refractivity contribution in [1.82, 2.24) is 24.8 Å². The number of amides is 1. The highest BCUT2D eigenvalue weighted by atomic mass is 32.2. The van der Waals surface area contributed by atoms with Crippen molar-refractivity contribution in [2.45, 2.75) is 22.0 Å². The lowest BCUT2D eigenvalue weighted by atomic mass is 10.3. The molecule has 0 unspecified atom stereocenters. The molecule has 1 aliphatic heterocycles. The van der Waals surface area contributed by atoms with Gasteiger partial charge in [-0.25, -0.2) is 9.97 Å². The molecule has 1 saturated heterocycles. The molecule has 3 aromatic rings. The van der Waals surface area contributed by atoms with Crippen LogP contribution in [0.1, 0.15) is 5.69 Å². The summed E-state index contributed by atoms with van der Waals surface area (Å²) in [6, 6.07) is 7.19. The highest BCUT2D eigenvalue weighted by molar-refractivity contribution is 7.99. The first-order chi connectivity index (χ1) is 16.4. The zero-order chi connectivity index (χ0) is 24.1. The number of H-pyrrole nitrogens is 1. The number of hydrogen-bond donors (Lipinski definition) is 3. The molecule has 0 spiro atoms. The lowest BCUT2D eigenvalue weighted by Crippen LogP contribution is -2.49. The number of rotatable bonds is 9. The number of phenols is 1. The smallest absolute Gasteiger partial charge is 0.238 e. The van der Waals surface area contributed by atoms with E-state index in [1.807, 2.05) is 31.6 Å². The quantitative estimate of drug-likeness (QED) is 0.366. The van der Waals surface area contributed by atoms with Gasteiger partial charge >= 0.3 is 0 Å². The van der Waals surface area contributed by atoms with Crippen molar-refractivity contribution in [2.24, 2.45) is 0 Å². The molecule has 1 aliphatic rings. The average Bonchev–Trinajstić information content (AvgIpc) is 3.22. The van der Waals surface area contributed by atoms with E-state index < -0.39 is 0 Å². The Morgan fingerprint density at radius 1 is 1.12 bits per heavy atom. The van der Waals surface area contributed by atoms with E-state index in [2.05, 4.69) is 30.1 Å². The Kier molecular flexibility index (Phi) is 8.65. The Bertz CT molecular complexity index is 1120. The minimum Gasteiger partial charge on any atom is -0.508 e. The van der Waals surface area contributed by atoms with Crippen LogP contribution in [0.3, 0.4) is 0 Å². The maximum atomic E-state index is 12.8. The number of pyridine rings is 1. The highest BCUT2D eigenvalue weighted by Crippen LogP contribution is 2.33. The lowest BCUT2D eigenvalue weighted by Gasteiger charge is -2.34. The van der Waals surface area contributed by atoms with Gasteiger partial charge in [-0.1, -0.05) is 11.8 Å². The summed E-state index contributed by atoms with van der Waals surface area (Å²) < 4.78 is 0. The molecule has 1 aromatic carbocycles. The number of thioether (sulfide) groups is 3. The van der Waals surface area contributed by atoms with Crippen molar-refractivity contribution >= 4 is 57.9 Å². The number of aromatic amines is 1. The van der Waals surface area contributed by atoms with Crippen LogP contribution >= 0.6 is 35.3 Å². The third-order valence-corrected chi connectivity index (χ3v) is 7.98. The molecule has 0 radical (unpaired) electrons. The van der Waals surface area contributed by atoms with Crippen LogP contribution in [0.5, 0.6) is 5.75 Å². The Morgan fingerprint density at radius 3 is 2.62 bits per heavy atom. The standard InChI is InChI=1S/C23H30N6O2S3/c1-15-12-19(32-2)21(22(24-15)33-3)27-20(31)14-29-8-6-28(7-9-29)10-11-34-23-25-17-5-4-16(30)13-18(17)26-23/h4-5,12-13,30H,6-11,14H2,1-3H3,(H,25,26)(H,27,31). The summed E-state index contributed by atoms with van der Waals surface area (Å²) in [5.74, 6) is 1.18. The van der Waals surface area contributed by atoms with E-state index in [1.165, 1.54) is 0 Å². The topological polar surface area (TPSA) is 97.4 Å². The van der Waals surface area contributed by atoms with E-state index in [9.17, 15) is 9.90 Å². The predicted molar refractivity (Wildman–Crippen MR) is 143 cm³/mol. The van der Waals surface area contributed by atoms with Gasteiger partial charge in [0, 0.05) is 55.1 Å². The fourth-order valence-corrected chi connectivity index (χ4v) is 6.10. The van der Waals surface area contributed by atoms with Crippen LogP contribution in [0, 0.1) is 6.92 Å². The van der Waals surface area contributed by atoms with E-state index in [0.717, 1.165) is 76.0 Å². The maximum Gasteiger partial charge on any atom is 0.238 e. The zero-order valence-electron chi connectivity index (χ0n) is 19.6. The van der Waals surface area contributed by atoms with Gasteiger partial charge in [-0.15, -0.1) is 23.5 Å². The highest BCUT2D eigenvalue weighted by Gasteiger charge is 2.20. The van der Waals surface area contributed by atoms with Crippen molar-refractivity contribution in [3.63, 3.8) is 0 Å². The van der Waals surface area contributed by atoms with Crippen molar-refractivity contribution in [2.75, 3.05) is 62.8 Å². The predicted octanol–water partition coefficient (Wildman–Crippen LogP) is 3.76. The number of piperazine rings is 1. The van der Waals surface area contributed by atoms with Crippen molar-refractivity contribution in [3.8, 4) is 5.75 Å². The molecule has 0 atom stereocenters. The van der Waals surface area contributed by atoms with Gasteiger partial charge in [0.2, 0.25) is 5.91 Å². The first kappa shape index (κ1) is 25.2. The molecule has 3 heterocycles. The summed E-state index contributed by atoms with van der Waals surface area (Å²) in [5, 5.41) is 14.4. The number of carbonyl (C=O) groups excluding carboxylic acids is 1. The van der Waals surface area contributed by atoms with Crippen LogP contribution in [0.4, 0.5) is 5.69 Å². The number of nitrogens with zero attached hydrogens (tertiary/aromatic N) is 4. The number of aryl methyl sites for hydroxylation is 1. The molecular formula is C23H30N6O2S3. The maximum absolute atomic E-state index is 12.8. The fraction of sp³-hybridized carbons (Fsp3) is 0.435. The second-order valence-corrected chi connectivity index (χ2v) is 10.8. The Morgan fingerprint density at radius 2 is 1.88 bits per heavy atom. The summed E-state index contributed by atoms with van der Waals surface area (Å²) in [7, 11) is 0. The Labute approximate surface area is 212 Å². The molecule has 3 N–H and O–H groups in total. The van der Waals surface area contributed by atoms with Crippen molar-refractivity contribution < 1.29 is 9.90 Å². The summed E-state index contributed by atoms with van der Waals surface area (Å²) in [4.78, 5) is 30.8. The number of imidazole rings is 1. The largest absolute Gasteiger partial charge is 0.508 e. The number of nitrogens with one attached hydrogen (secondary N) is 2. The summed E-state index contributed by atoms with van der Waals surface area (Å²) in [5.41, 5.74) is 3.50. The molecule has 8 nitrogen and oxygen atoms in total. The van der Waals surface area contributed by atoms with Gasteiger partial charge in [0.15, 0.2) is 5.16 Å². The minimum atomic E-state index is 0.0104. The second-order valence-electron chi connectivity index (χ2n) is 8.11. The SMILES string of the molecule is CSc1cc(C)nc(SC)c1NC(=O)CN1CCN(CCSc2nc3ccc(O)cc3[nH]2)CC1. The van der Waals surface area contributed by atoms with Crippen molar-refractivity contribution in [3.05, 3.63) is 30.0 Å². The van der Waals surface area contributed by atoms with Gasteiger partial charge < -0.3 is 15.4 Å². The lowest BCUT2D eigenvalue weighted by molar-refractivity contribution is -0.117. The normalized spacial score (nSPS) is 15.1. The number of hydrogen-bond acceptors (Lipinski definition) is 9. The molecule has 11 heteroatoms. The molecular weight excluding hydrogens is 488 g/mol. The van der Waals surface area contributed by atoms with Gasteiger partial charge in [0.05, 0.1) is 23.3 Å². The zero-order valence-corrected chi connectivity index (χ0v) is 22.1. The Hall–Kier alpha value is -1.92. The summed E-state index contributed by atoms with van der Waals surface area (Å²) >= 11 is 4.87. The van der Waals surface area contributed by atoms with E-state index in [-0.39, 0.29) is 11.7 Å². The fourth-order valence-electron chi connectivity index (χ4n) is 3.91. The number of fused-ring (bicyclic) bond motifs is 1. The minimum absolute atomic E-state index is 0.0104. The number of phenolic OH excluding ortho intramolecular Hbond substituents is 1. The third kappa shape index (κ3) is 6.39. The van der Waals surface area contributed by atoms with Gasteiger partial charge in [-0.2, -0.15) is 0 Å². The van der Waals surface area contributed by atoms with Crippen LogP contribution in [-0.2, 0) is 4.79 Å². The van der Waals surface area contributed by atoms with E-state index >= 15 is 0 Å². The van der Waals surface area contributed by atoms with Crippen molar-refractivity contribution in [1.29, 1.82) is 0 Å². The van der Waals surface area contributed by atoms with E-state index in [1.54, 1.807) is 47.4 Å². The first-order valence-corrected chi connectivity index (χ1v) is 14.5. The molecule has 0 saturated carbocycles. The molecule has 2 aromatic heterocycles. The Balaban J connectivity index is 1.21. The molecule has 1 amide bonds. The number of benzene rings is 1. The first-order valence-electron chi connectivity index (χ1n) is 11.1. The number of aromatic hydroxyl groups is 1. The number of carbonyl (C=O) groups is 1. The molecule has 1 fully saturated rings. The number of anilines is 1. The molecule has 4 rings (SSSR count). The van der Waals surface area contributed by atoms with E-state index in [4.69, 9.17) is 0 Å². The molecule has 0 aliphatic carbocycles. The summed E-state index contributed by atoms with van der Waals surface area (Å²) in [6.45, 7) is 6.98. The van der Waals surface area contributed by atoms with Gasteiger partial charge in [0.25, 0.3) is 0 Å². The van der Waals surface area contributed by atoms with Crippen LogP contribution in [0.15, 0.2) is 39.3 Å². The average molecular weight is 519 g/mol. The van der Waals surface area contributed by atoms with Gasteiger partial charge in [-0.05, 0) is 37.6 Å². The van der Waals surface area contributed by atoms with E-state index in [0.29, 0.717) is 6.54 Å². The summed E-state index contributed by atoms with van der Waals surface area (Å²) in [6.07, 6.45) is 4.00. The van der Waals surface area contributed by atoms with Gasteiger partial charge in [0.1, 0.15) is 10.8 Å². The second kappa shape index (κ2) is 11.7. The van der Waals surface area contributed by atoms with Crippen LogP contribution in [0.25, 0.3) is 11.0 Å². The third-order valence-electron chi connectivity index (χ3n) is 5.68. The molecule has 34 heavy (non-hydrogen) atoms. The van der Waals surface area contributed by atoms with Crippen LogP contribution in [-0.4, -0.2) is 93.3 Å².